The van der Waals surface area contributed by atoms with Crippen molar-refractivity contribution in [3.05, 3.63) is 60.2 Å². The summed E-state index contributed by atoms with van der Waals surface area (Å²) in [4.78, 5) is 14.9. The zero-order valence-electron chi connectivity index (χ0n) is 16.3. The Bertz CT molecular complexity index is 1010. The number of carbonyl (C=O) groups excluding carboxylic acids is 1. The highest BCUT2D eigenvalue weighted by molar-refractivity contribution is 8.08. The van der Waals surface area contributed by atoms with Crippen LogP contribution in [0.1, 0.15) is 31.2 Å². The second kappa shape index (κ2) is 8.37. The molecule has 152 valence electrons. The number of sulfone groups is 1. The number of rotatable bonds is 4. The third-order valence-electron chi connectivity index (χ3n) is 5.43. The van der Waals surface area contributed by atoms with Crippen LogP contribution >= 0.6 is 0 Å². The molecule has 2 aromatic rings. The predicted molar refractivity (Wildman–Crippen MR) is 114 cm³/mol. The van der Waals surface area contributed by atoms with Gasteiger partial charge in [0.15, 0.2) is 0 Å². The Morgan fingerprint density at radius 2 is 1.55 bits per heavy atom. The summed E-state index contributed by atoms with van der Waals surface area (Å²) >= 11 is 0. The Labute approximate surface area is 171 Å². The van der Waals surface area contributed by atoms with Crippen LogP contribution in [0.3, 0.4) is 0 Å². The molecule has 0 aromatic heterocycles. The van der Waals surface area contributed by atoms with Crippen molar-refractivity contribution in [2.75, 3.05) is 24.6 Å². The molecule has 2 aromatic carbocycles. The maximum Gasteiger partial charge on any atom is 0.286 e. The molecule has 0 N–H and O–H groups in total. The molecular weight excluding hydrogens is 386 g/mol. The monoisotopic (exact) mass is 411 g/mol. The van der Waals surface area contributed by atoms with Gasteiger partial charge in [0.1, 0.15) is 0 Å². The molecule has 1 saturated heterocycles. The molecule has 6 nitrogen and oxygen atoms in total. The zero-order chi connectivity index (χ0) is 20.3. The lowest BCUT2D eigenvalue weighted by Gasteiger charge is -2.29. The van der Waals surface area contributed by atoms with Gasteiger partial charge in [0.25, 0.3) is 5.91 Å². The maximum absolute atomic E-state index is 13.2. The van der Waals surface area contributed by atoms with E-state index in [0.717, 1.165) is 31.2 Å². The highest BCUT2D eigenvalue weighted by Gasteiger charge is 2.39. The molecule has 0 spiro atoms. The SMILES string of the molecule is O=C(C1=NN(CCc2ccccc2)c2ccccc2S1(=O)=O)N1CCCCCC1. The molecule has 2 aliphatic rings. The van der Waals surface area contributed by atoms with Crippen LogP contribution in [0.25, 0.3) is 0 Å². The van der Waals surface area contributed by atoms with Crippen molar-refractivity contribution in [3.63, 3.8) is 0 Å². The Balaban J connectivity index is 1.67. The largest absolute Gasteiger partial charge is 0.337 e. The molecular formula is C22H25N3O3S. The van der Waals surface area contributed by atoms with Crippen molar-refractivity contribution >= 4 is 26.5 Å². The van der Waals surface area contributed by atoms with Gasteiger partial charge in [-0.3, -0.25) is 9.80 Å². The fraction of sp³-hybridized carbons (Fsp3) is 0.364. The minimum Gasteiger partial charge on any atom is -0.337 e. The van der Waals surface area contributed by atoms with Gasteiger partial charge >= 0.3 is 0 Å². The molecule has 29 heavy (non-hydrogen) atoms. The zero-order valence-corrected chi connectivity index (χ0v) is 17.1. The number of nitrogens with zero attached hydrogens (tertiary/aromatic N) is 3. The summed E-state index contributed by atoms with van der Waals surface area (Å²) in [5.74, 6) is -0.480. The number of fused-ring (bicyclic) bond motifs is 1. The molecule has 0 radical (unpaired) electrons. The summed E-state index contributed by atoms with van der Waals surface area (Å²) in [7, 11) is -3.94. The topological polar surface area (TPSA) is 70.0 Å². The molecule has 0 saturated carbocycles. The lowest BCUT2D eigenvalue weighted by atomic mass is 10.1. The third kappa shape index (κ3) is 4.05. The van der Waals surface area contributed by atoms with Crippen LogP contribution in [0.4, 0.5) is 5.69 Å². The van der Waals surface area contributed by atoms with E-state index in [1.54, 1.807) is 34.2 Å². The van der Waals surface area contributed by atoms with Crippen molar-refractivity contribution in [2.24, 2.45) is 5.10 Å². The average molecular weight is 412 g/mol. The van der Waals surface area contributed by atoms with E-state index in [1.165, 1.54) is 0 Å². The highest BCUT2D eigenvalue weighted by atomic mass is 32.2. The number of hydrogen-bond acceptors (Lipinski definition) is 5. The van der Waals surface area contributed by atoms with Crippen LogP contribution in [0.2, 0.25) is 0 Å². The van der Waals surface area contributed by atoms with Crippen molar-refractivity contribution in [2.45, 2.75) is 37.0 Å². The summed E-state index contributed by atoms with van der Waals surface area (Å²) in [6.45, 7) is 1.66. The van der Waals surface area contributed by atoms with E-state index >= 15 is 0 Å². The van der Waals surface area contributed by atoms with Crippen LogP contribution in [0, 0.1) is 0 Å². The first kappa shape index (κ1) is 19.6. The quantitative estimate of drug-likeness (QED) is 0.774. The van der Waals surface area contributed by atoms with Crippen LogP contribution in [-0.2, 0) is 21.1 Å². The smallest absolute Gasteiger partial charge is 0.286 e. The van der Waals surface area contributed by atoms with Gasteiger partial charge in [0.2, 0.25) is 14.9 Å². The summed E-state index contributed by atoms with van der Waals surface area (Å²) < 4.78 is 26.4. The van der Waals surface area contributed by atoms with Crippen LogP contribution in [-0.4, -0.2) is 43.9 Å². The minimum absolute atomic E-state index is 0.154. The summed E-state index contributed by atoms with van der Waals surface area (Å²) in [5.41, 5.74) is 1.66. The first-order valence-electron chi connectivity index (χ1n) is 10.1. The second-order valence-corrected chi connectivity index (χ2v) is 9.27. The van der Waals surface area contributed by atoms with Crippen molar-refractivity contribution < 1.29 is 13.2 Å². The van der Waals surface area contributed by atoms with Crippen LogP contribution in [0.5, 0.6) is 0 Å². The van der Waals surface area contributed by atoms with Gasteiger partial charge in [-0.05, 0) is 37.0 Å². The van der Waals surface area contributed by atoms with Gasteiger partial charge in [0.05, 0.1) is 10.6 Å². The first-order valence-corrected chi connectivity index (χ1v) is 11.6. The molecule has 2 heterocycles. The number of hydrogen-bond donors (Lipinski definition) is 0. The molecule has 0 bridgehead atoms. The van der Waals surface area contributed by atoms with E-state index in [9.17, 15) is 13.2 Å². The number of anilines is 1. The molecule has 0 aliphatic carbocycles. The van der Waals surface area contributed by atoms with E-state index in [1.807, 2.05) is 30.3 Å². The Morgan fingerprint density at radius 3 is 2.28 bits per heavy atom. The van der Waals surface area contributed by atoms with Gasteiger partial charge in [-0.25, -0.2) is 8.42 Å². The molecule has 7 heteroatoms. The van der Waals surface area contributed by atoms with Gasteiger partial charge < -0.3 is 4.90 Å². The van der Waals surface area contributed by atoms with E-state index in [0.29, 0.717) is 31.7 Å². The highest BCUT2D eigenvalue weighted by Crippen LogP contribution is 2.32. The average Bonchev–Trinajstić information content (AvgIpc) is 3.03. The molecule has 2 aliphatic heterocycles. The molecule has 1 amide bonds. The molecule has 4 rings (SSSR count). The van der Waals surface area contributed by atoms with E-state index in [-0.39, 0.29) is 9.94 Å². The van der Waals surface area contributed by atoms with E-state index in [2.05, 4.69) is 5.10 Å². The van der Waals surface area contributed by atoms with Gasteiger partial charge in [0, 0.05) is 19.6 Å². The number of hydrazone groups is 1. The Morgan fingerprint density at radius 1 is 0.897 bits per heavy atom. The van der Waals surface area contributed by atoms with Crippen LogP contribution in [0.15, 0.2) is 64.6 Å². The van der Waals surface area contributed by atoms with E-state index < -0.39 is 15.7 Å². The number of carbonyl (C=O) groups is 1. The molecule has 0 unspecified atom stereocenters. The predicted octanol–water partition coefficient (Wildman–Crippen LogP) is 3.24. The standard InChI is InChI=1S/C22H25N3O3S/c26-22(24-15-8-1-2-9-16-24)21-23-25(17-14-18-10-4-3-5-11-18)19-12-6-7-13-20(19)29(21,27)28/h3-7,10-13H,1-2,8-9,14-17H2. The Hall–Kier alpha value is -2.67. The minimum atomic E-state index is -3.94. The van der Waals surface area contributed by atoms with Crippen LogP contribution < -0.4 is 5.01 Å². The normalized spacial score (nSPS) is 18.6. The van der Waals surface area contributed by atoms with E-state index in [4.69, 9.17) is 0 Å². The second-order valence-electron chi connectivity index (χ2n) is 7.44. The summed E-state index contributed by atoms with van der Waals surface area (Å²) in [5, 5.41) is 5.67. The molecule has 1 fully saturated rings. The van der Waals surface area contributed by atoms with Gasteiger partial charge in [-0.15, -0.1) is 0 Å². The lowest BCUT2D eigenvalue weighted by Crippen LogP contribution is -2.44. The lowest BCUT2D eigenvalue weighted by molar-refractivity contribution is -0.123. The van der Waals surface area contributed by atoms with Crippen molar-refractivity contribution in [1.29, 1.82) is 0 Å². The molecule has 0 atom stereocenters. The van der Waals surface area contributed by atoms with Crippen molar-refractivity contribution in [1.82, 2.24) is 4.90 Å². The van der Waals surface area contributed by atoms with Gasteiger partial charge in [-0.1, -0.05) is 55.3 Å². The number of benzene rings is 2. The first-order chi connectivity index (χ1) is 14.1. The summed E-state index contributed by atoms with van der Waals surface area (Å²) in [6, 6.07) is 16.7. The third-order valence-corrected chi connectivity index (χ3v) is 7.12. The maximum atomic E-state index is 13.2. The Kier molecular flexibility index (Phi) is 5.67. The number of amides is 1. The fourth-order valence-corrected chi connectivity index (χ4v) is 5.32. The van der Waals surface area contributed by atoms with Crippen molar-refractivity contribution in [3.8, 4) is 0 Å². The number of para-hydroxylation sites is 1. The van der Waals surface area contributed by atoms with Gasteiger partial charge in [-0.2, -0.15) is 5.10 Å². The summed E-state index contributed by atoms with van der Waals surface area (Å²) in [6.07, 6.45) is 4.62. The fourth-order valence-electron chi connectivity index (χ4n) is 3.84. The number of likely N-dealkylation sites (tertiary alicyclic amines) is 1.